The number of morpholine rings is 1. The van der Waals surface area contributed by atoms with Crippen LogP contribution in [0.3, 0.4) is 0 Å². The summed E-state index contributed by atoms with van der Waals surface area (Å²) in [5.74, 6) is 0.941. The molecule has 0 aliphatic carbocycles. The van der Waals surface area contributed by atoms with Crippen molar-refractivity contribution in [1.29, 1.82) is 0 Å². The molecule has 7 heteroatoms. The molecule has 2 saturated heterocycles. The van der Waals surface area contributed by atoms with E-state index in [0.29, 0.717) is 19.5 Å². The van der Waals surface area contributed by atoms with E-state index in [2.05, 4.69) is 27.1 Å². The SMILES string of the molecule is O=C(Cc1ccccc1)N(CCN1CCOCC1)Cc1c(-c2ccccc2)noc1N1CCCCC1. The van der Waals surface area contributed by atoms with E-state index in [1.54, 1.807) is 0 Å². The predicted molar refractivity (Wildman–Crippen MR) is 141 cm³/mol. The Balaban J connectivity index is 1.43. The van der Waals surface area contributed by atoms with E-state index in [4.69, 9.17) is 9.26 Å². The average Bonchev–Trinajstić information content (AvgIpc) is 3.36. The number of ether oxygens (including phenoxy) is 1. The highest BCUT2D eigenvalue weighted by Gasteiger charge is 2.27. The average molecular weight is 489 g/mol. The van der Waals surface area contributed by atoms with E-state index in [-0.39, 0.29) is 5.91 Å². The summed E-state index contributed by atoms with van der Waals surface area (Å²) in [6.07, 6.45) is 3.92. The third-order valence-electron chi connectivity index (χ3n) is 7.15. The molecule has 2 aliphatic heterocycles. The molecule has 190 valence electrons. The highest BCUT2D eigenvalue weighted by atomic mass is 16.5. The van der Waals surface area contributed by atoms with Crippen LogP contribution in [0.5, 0.6) is 0 Å². The Morgan fingerprint density at radius 2 is 1.58 bits per heavy atom. The molecular formula is C29H36N4O3. The minimum Gasteiger partial charge on any atom is -0.379 e. The Labute approximate surface area is 213 Å². The van der Waals surface area contributed by atoms with Gasteiger partial charge in [0.25, 0.3) is 0 Å². The summed E-state index contributed by atoms with van der Waals surface area (Å²) in [7, 11) is 0. The minimum absolute atomic E-state index is 0.124. The summed E-state index contributed by atoms with van der Waals surface area (Å²) in [6, 6.07) is 20.2. The van der Waals surface area contributed by atoms with Crippen molar-refractivity contribution in [2.75, 3.05) is 57.4 Å². The lowest BCUT2D eigenvalue weighted by molar-refractivity contribution is -0.131. The molecule has 0 unspecified atom stereocenters. The summed E-state index contributed by atoms with van der Waals surface area (Å²) in [6.45, 7) is 7.20. The molecular weight excluding hydrogens is 452 g/mol. The van der Waals surface area contributed by atoms with Crippen LogP contribution in [0.25, 0.3) is 11.3 Å². The fourth-order valence-corrected chi connectivity index (χ4v) is 5.06. The molecule has 3 aromatic rings. The smallest absolute Gasteiger partial charge is 0.232 e. The number of anilines is 1. The fourth-order valence-electron chi connectivity index (χ4n) is 5.06. The highest BCUT2D eigenvalue weighted by Crippen LogP contribution is 2.34. The van der Waals surface area contributed by atoms with Crippen molar-refractivity contribution in [3.05, 3.63) is 71.8 Å². The lowest BCUT2D eigenvalue weighted by Crippen LogP contribution is -2.43. The monoisotopic (exact) mass is 488 g/mol. The number of piperidine rings is 1. The Morgan fingerprint density at radius 3 is 2.31 bits per heavy atom. The first kappa shape index (κ1) is 24.5. The number of carbonyl (C=O) groups excluding carboxylic acids is 1. The summed E-state index contributed by atoms with van der Waals surface area (Å²) < 4.78 is 11.5. The van der Waals surface area contributed by atoms with Crippen molar-refractivity contribution >= 4 is 11.8 Å². The quantitative estimate of drug-likeness (QED) is 0.449. The van der Waals surface area contributed by atoms with E-state index in [9.17, 15) is 4.79 Å². The van der Waals surface area contributed by atoms with Crippen molar-refractivity contribution in [3.8, 4) is 11.3 Å². The van der Waals surface area contributed by atoms with E-state index in [0.717, 1.165) is 87.0 Å². The molecule has 0 radical (unpaired) electrons. The maximum Gasteiger partial charge on any atom is 0.232 e. The second-order valence-electron chi connectivity index (χ2n) is 9.66. The van der Waals surface area contributed by atoms with Gasteiger partial charge in [0.05, 0.1) is 31.7 Å². The standard InChI is InChI=1S/C29H36N4O3/c34-27(22-24-10-4-1-5-11-24)33(17-16-31-18-20-35-21-19-31)23-26-28(25-12-6-2-7-13-25)30-36-29(26)32-14-8-3-9-15-32/h1-2,4-7,10-13H,3,8-9,14-23H2. The van der Waals surface area contributed by atoms with Gasteiger partial charge in [-0.3, -0.25) is 9.69 Å². The number of amides is 1. The largest absolute Gasteiger partial charge is 0.379 e. The van der Waals surface area contributed by atoms with Crippen LogP contribution < -0.4 is 4.90 Å². The molecule has 2 fully saturated rings. The maximum atomic E-state index is 13.7. The molecule has 2 aliphatic rings. The number of nitrogens with zero attached hydrogens (tertiary/aromatic N) is 4. The molecule has 0 N–H and O–H groups in total. The van der Waals surface area contributed by atoms with Gasteiger partial charge in [-0.2, -0.15) is 0 Å². The second kappa shape index (κ2) is 12.2. The molecule has 7 nitrogen and oxygen atoms in total. The molecule has 1 amide bonds. The molecule has 0 spiro atoms. The Morgan fingerprint density at radius 1 is 0.889 bits per heavy atom. The summed E-state index contributed by atoms with van der Waals surface area (Å²) >= 11 is 0. The van der Waals surface area contributed by atoms with E-state index in [1.807, 2.05) is 53.4 Å². The van der Waals surface area contributed by atoms with Gasteiger partial charge in [-0.15, -0.1) is 0 Å². The zero-order valence-electron chi connectivity index (χ0n) is 21.0. The third kappa shape index (κ3) is 6.15. The Kier molecular flexibility index (Phi) is 8.31. The summed E-state index contributed by atoms with van der Waals surface area (Å²) in [5.41, 5.74) is 3.89. The van der Waals surface area contributed by atoms with Gasteiger partial charge in [0.2, 0.25) is 11.8 Å². The molecule has 0 bridgehead atoms. The third-order valence-corrected chi connectivity index (χ3v) is 7.15. The van der Waals surface area contributed by atoms with Crippen molar-refractivity contribution in [3.63, 3.8) is 0 Å². The molecule has 3 heterocycles. The molecule has 0 saturated carbocycles. The van der Waals surface area contributed by atoms with Crippen LogP contribution in [0.2, 0.25) is 0 Å². The van der Waals surface area contributed by atoms with Crippen LogP contribution in [0.15, 0.2) is 65.2 Å². The van der Waals surface area contributed by atoms with Gasteiger partial charge in [0.1, 0.15) is 5.69 Å². The fraction of sp³-hybridized carbons (Fsp3) is 0.448. The number of aromatic nitrogens is 1. The van der Waals surface area contributed by atoms with Crippen molar-refractivity contribution < 1.29 is 14.1 Å². The van der Waals surface area contributed by atoms with Gasteiger partial charge in [-0.05, 0) is 24.8 Å². The first-order chi connectivity index (χ1) is 17.8. The van der Waals surface area contributed by atoms with Crippen LogP contribution in [0, 0.1) is 0 Å². The summed E-state index contributed by atoms with van der Waals surface area (Å²) in [4.78, 5) is 20.3. The van der Waals surface area contributed by atoms with Crippen LogP contribution in [0.4, 0.5) is 5.88 Å². The van der Waals surface area contributed by atoms with Gasteiger partial charge < -0.3 is 19.1 Å². The predicted octanol–water partition coefficient (Wildman–Crippen LogP) is 4.24. The number of hydrogen-bond acceptors (Lipinski definition) is 6. The molecule has 36 heavy (non-hydrogen) atoms. The lowest BCUT2D eigenvalue weighted by Gasteiger charge is -2.31. The van der Waals surface area contributed by atoms with Crippen molar-refractivity contribution in [2.24, 2.45) is 0 Å². The van der Waals surface area contributed by atoms with E-state index in [1.165, 1.54) is 6.42 Å². The van der Waals surface area contributed by atoms with Gasteiger partial charge in [0, 0.05) is 44.8 Å². The lowest BCUT2D eigenvalue weighted by atomic mass is 10.0. The van der Waals surface area contributed by atoms with Gasteiger partial charge >= 0.3 is 0 Å². The Bertz CT molecular complexity index is 1090. The number of carbonyl (C=O) groups is 1. The first-order valence-corrected chi connectivity index (χ1v) is 13.2. The van der Waals surface area contributed by atoms with Crippen molar-refractivity contribution in [2.45, 2.75) is 32.2 Å². The topological polar surface area (TPSA) is 62.1 Å². The van der Waals surface area contributed by atoms with E-state index < -0.39 is 0 Å². The van der Waals surface area contributed by atoms with Crippen LogP contribution >= 0.6 is 0 Å². The van der Waals surface area contributed by atoms with Crippen LogP contribution in [-0.2, 0) is 22.5 Å². The zero-order chi connectivity index (χ0) is 24.6. The number of rotatable bonds is 9. The normalized spacial score (nSPS) is 16.7. The first-order valence-electron chi connectivity index (χ1n) is 13.2. The van der Waals surface area contributed by atoms with Crippen LogP contribution in [-0.4, -0.2) is 73.3 Å². The molecule has 2 aromatic carbocycles. The highest BCUT2D eigenvalue weighted by molar-refractivity contribution is 5.79. The number of hydrogen-bond donors (Lipinski definition) is 0. The van der Waals surface area contributed by atoms with Crippen LogP contribution in [0.1, 0.15) is 30.4 Å². The minimum atomic E-state index is 0.124. The van der Waals surface area contributed by atoms with Crippen molar-refractivity contribution in [1.82, 2.24) is 15.0 Å². The van der Waals surface area contributed by atoms with E-state index >= 15 is 0 Å². The van der Waals surface area contributed by atoms with Gasteiger partial charge in [-0.1, -0.05) is 65.8 Å². The summed E-state index contributed by atoms with van der Waals surface area (Å²) in [5, 5.41) is 4.53. The molecule has 5 rings (SSSR count). The Hall–Kier alpha value is -3.16. The van der Waals surface area contributed by atoms with Gasteiger partial charge in [0.15, 0.2) is 0 Å². The zero-order valence-corrected chi connectivity index (χ0v) is 21.0. The maximum absolute atomic E-state index is 13.7. The second-order valence-corrected chi connectivity index (χ2v) is 9.66. The molecule has 1 aromatic heterocycles. The van der Waals surface area contributed by atoms with Gasteiger partial charge in [-0.25, -0.2) is 0 Å². The molecule has 0 atom stereocenters. The number of benzene rings is 2.